The predicted octanol–water partition coefficient (Wildman–Crippen LogP) is 3.08. The highest BCUT2D eigenvalue weighted by molar-refractivity contribution is 5.93. The smallest absolute Gasteiger partial charge is 0.238 e. The number of carbonyl (C=O) groups excluding carboxylic acids is 1. The molecule has 0 radical (unpaired) electrons. The maximum Gasteiger partial charge on any atom is 0.238 e. The molecule has 1 atom stereocenters. The van der Waals surface area contributed by atoms with Crippen LogP contribution in [0, 0.1) is 6.92 Å². The van der Waals surface area contributed by atoms with Crippen molar-refractivity contribution in [3.63, 3.8) is 0 Å². The molecule has 0 bridgehead atoms. The fraction of sp³-hybridized carbons (Fsp3) is 0.409. The second kappa shape index (κ2) is 7.61. The van der Waals surface area contributed by atoms with Gasteiger partial charge in [-0.3, -0.25) is 9.69 Å². The lowest BCUT2D eigenvalue weighted by atomic mass is 10.1. The molecule has 5 nitrogen and oxygen atoms in total. The number of carbonyl (C=O) groups is 1. The molecule has 27 heavy (non-hydrogen) atoms. The van der Waals surface area contributed by atoms with Crippen LogP contribution in [0.15, 0.2) is 42.5 Å². The Morgan fingerprint density at radius 1 is 1.22 bits per heavy atom. The fourth-order valence-electron chi connectivity index (χ4n) is 4.30. The maximum absolute atomic E-state index is 12.7. The maximum atomic E-state index is 12.7. The summed E-state index contributed by atoms with van der Waals surface area (Å²) in [5, 5.41) is 3.03. The summed E-state index contributed by atoms with van der Waals surface area (Å²) >= 11 is 0. The van der Waals surface area contributed by atoms with Crippen molar-refractivity contribution in [2.24, 2.45) is 0 Å². The molecule has 4 rings (SSSR count). The highest BCUT2D eigenvalue weighted by Crippen LogP contribution is 2.33. The van der Waals surface area contributed by atoms with E-state index in [2.05, 4.69) is 39.4 Å². The number of benzene rings is 2. The van der Waals surface area contributed by atoms with Gasteiger partial charge >= 0.3 is 0 Å². The standard InChI is InChI=1S/C22H27N3O2/c1-16-8-9-21(27-2)19(12-16)23-22(26)15-24-10-5-11-25-18(14-24)13-17-6-3-4-7-20(17)25/h3-4,6-9,12,18H,5,10-11,13-15H2,1-2H3,(H,23,26). The van der Waals surface area contributed by atoms with Crippen molar-refractivity contribution in [3.05, 3.63) is 53.6 Å². The molecule has 2 aromatic rings. The Hall–Kier alpha value is -2.53. The van der Waals surface area contributed by atoms with Crippen molar-refractivity contribution in [3.8, 4) is 5.75 Å². The molecule has 1 amide bonds. The van der Waals surface area contributed by atoms with Crippen molar-refractivity contribution in [1.82, 2.24) is 4.90 Å². The van der Waals surface area contributed by atoms with Gasteiger partial charge in [-0.2, -0.15) is 0 Å². The van der Waals surface area contributed by atoms with Crippen LogP contribution in [0.25, 0.3) is 0 Å². The van der Waals surface area contributed by atoms with E-state index in [1.165, 1.54) is 11.3 Å². The summed E-state index contributed by atoms with van der Waals surface area (Å²) in [6.07, 6.45) is 2.14. The Kier molecular flexibility index (Phi) is 5.03. The summed E-state index contributed by atoms with van der Waals surface area (Å²) in [7, 11) is 1.63. The summed E-state index contributed by atoms with van der Waals surface area (Å²) in [6.45, 7) is 5.36. The number of ether oxygens (including phenoxy) is 1. The molecule has 0 aromatic heterocycles. The van der Waals surface area contributed by atoms with Crippen LogP contribution in [0.1, 0.15) is 17.5 Å². The molecule has 2 heterocycles. The SMILES string of the molecule is COc1ccc(C)cc1NC(=O)CN1CCCN2c3ccccc3CC2C1. The summed E-state index contributed by atoms with van der Waals surface area (Å²) in [5.41, 5.74) is 4.64. The van der Waals surface area contributed by atoms with Crippen molar-refractivity contribution < 1.29 is 9.53 Å². The summed E-state index contributed by atoms with van der Waals surface area (Å²) in [4.78, 5) is 17.5. The number of anilines is 2. The number of methoxy groups -OCH3 is 1. The third-order valence-electron chi connectivity index (χ3n) is 5.54. The normalized spacial score (nSPS) is 19.2. The predicted molar refractivity (Wildman–Crippen MR) is 109 cm³/mol. The molecule has 1 N–H and O–H groups in total. The van der Waals surface area contributed by atoms with Gasteiger partial charge in [0.05, 0.1) is 19.3 Å². The third kappa shape index (κ3) is 3.78. The highest BCUT2D eigenvalue weighted by Gasteiger charge is 2.32. The van der Waals surface area contributed by atoms with E-state index in [4.69, 9.17) is 4.74 Å². The lowest BCUT2D eigenvalue weighted by Crippen LogP contribution is -2.41. The molecule has 0 spiro atoms. The molecule has 1 fully saturated rings. The Balaban J connectivity index is 1.41. The van der Waals surface area contributed by atoms with Gasteiger partial charge in [-0.05, 0) is 49.1 Å². The fourth-order valence-corrected chi connectivity index (χ4v) is 4.30. The van der Waals surface area contributed by atoms with Gasteiger partial charge in [0.15, 0.2) is 0 Å². The first-order valence-electron chi connectivity index (χ1n) is 9.65. The number of para-hydroxylation sites is 1. The second-order valence-electron chi connectivity index (χ2n) is 7.52. The number of aryl methyl sites for hydroxylation is 1. The topological polar surface area (TPSA) is 44.8 Å². The molecule has 5 heteroatoms. The zero-order valence-corrected chi connectivity index (χ0v) is 16.1. The average molecular weight is 365 g/mol. The van der Waals surface area contributed by atoms with E-state index >= 15 is 0 Å². The Morgan fingerprint density at radius 2 is 2.07 bits per heavy atom. The molecule has 142 valence electrons. The van der Waals surface area contributed by atoms with E-state index in [-0.39, 0.29) is 5.91 Å². The Bertz CT molecular complexity index is 836. The molecule has 0 aliphatic carbocycles. The van der Waals surface area contributed by atoms with Gasteiger partial charge in [0.25, 0.3) is 0 Å². The number of hydrogen-bond donors (Lipinski definition) is 1. The summed E-state index contributed by atoms with van der Waals surface area (Å²) in [6, 6.07) is 15.0. The minimum absolute atomic E-state index is 0.0165. The van der Waals surface area contributed by atoms with Crippen molar-refractivity contribution >= 4 is 17.3 Å². The lowest BCUT2D eigenvalue weighted by molar-refractivity contribution is -0.117. The van der Waals surface area contributed by atoms with Crippen molar-refractivity contribution in [2.75, 3.05) is 43.5 Å². The molecule has 2 aromatic carbocycles. The first-order chi connectivity index (χ1) is 13.1. The highest BCUT2D eigenvalue weighted by atomic mass is 16.5. The quantitative estimate of drug-likeness (QED) is 0.904. The van der Waals surface area contributed by atoms with Gasteiger partial charge in [-0.15, -0.1) is 0 Å². The molecule has 2 aliphatic heterocycles. The Morgan fingerprint density at radius 3 is 2.93 bits per heavy atom. The second-order valence-corrected chi connectivity index (χ2v) is 7.52. The third-order valence-corrected chi connectivity index (χ3v) is 5.54. The number of amides is 1. The van der Waals surface area contributed by atoms with Gasteiger partial charge < -0.3 is 15.0 Å². The number of fused-ring (bicyclic) bond motifs is 3. The van der Waals surface area contributed by atoms with Gasteiger partial charge in [-0.1, -0.05) is 24.3 Å². The van der Waals surface area contributed by atoms with E-state index in [9.17, 15) is 4.79 Å². The minimum atomic E-state index is 0.0165. The van der Waals surface area contributed by atoms with Gasteiger partial charge in [-0.25, -0.2) is 0 Å². The first kappa shape index (κ1) is 17.9. The lowest BCUT2D eigenvalue weighted by Gasteiger charge is -2.27. The van der Waals surface area contributed by atoms with E-state index in [1.54, 1.807) is 7.11 Å². The van der Waals surface area contributed by atoms with Crippen molar-refractivity contribution in [2.45, 2.75) is 25.8 Å². The van der Waals surface area contributed by atoms with Crippen molar-refractivity contribution in [1.29, 1.82) is 0 Å². The number of nitrogens with zero attached hydrogens (tertiary/aromatic N) is 2. The van der Waals surface area contributed by atoms with Crippen LogP contribution >= 0.6 is 0 Å². The largest absolute Gasteiger partial charge is 0.495 e. The van der Waals surface area contributed by atoms with Crippen LogP contribution < -0.4 is 15.0 Å². The number of nitrogens with one attached hydrogen (secondary N) is 1. The molecule has 1 unspecified atom stereocenters. The summed E-state index contributed by atoms with van der Waals surface area (Å²) in [5.74, 6) is 0.713. The van der Waals surface area contributed by atoms with Crippen LogP contribution in [-0.2, 0) is 11.2 Å². The summed E-state index contributed by atoms with van der Waals surface area (Å²) < 4.78 is 5.37. The minimum Gasteiger partial charge on any atom is -0.495 e. The van der Waals surface area contributed by atoms with Crippen LogP contribution in [-0.4, -0.2) is 50.1 Å². The van der Waals surface area contributed by atoms with E-state index in [0.29, 0.717) is 18.3 Å². The number of hydrogen-bond acceptors (Lipinski definition) is 4. The van der Waals surface area contributed by atoms with Crippen LogP contribution in [0.4, 0.5) is 11.4 Å². The average Bonchev–Trinajstić information content (AvgIpc) is 2.87. The van der Waals surface area contributed by atoms with E-state index in [0.717, 1.165) is 43.7 Å². The molecular formula is C22H27N3O2. The van der Waals surface area contributed by atoms with Gasteiger partial charge in [0.1, 0.15) is 5.75 Å². The molecule has 2 aliphatic rings. The van der Waals surface area contributed by atoms with Crippen LogP contribution in [0.3, 0.4) is 0 Å². The zero-order chi connectivity index (χ0) is 18.8. The molecular weight excluding hydrogens is 338 g/mol. The molecule has 1 saturated heterocycles. The monoisotopic (exact) mass is 365 g/mol. The van der Waals surface area contributed by atoms with Gasteiger partial charge in [0.2, 0.25) is 5.91 Å². The number of rotatable bonds is 4. The first-order valence-corrected chi connectivity index (χ1v) is 9.65. The van der Waals surface area contributed by atoms with Crippen LogP contribution in [0.5, 0.6) is 5.75 Å². The van der Waals surface area contributed by atoms with Crippen LogP contribution in [0.2, 0.25) is 0 Å². The molecule has 0 saturated carbocycles. The van der Waals surface area contributed by atoms with E-state index in [1.807, 2.05) is 25.1 Å². The zero-order valence-electron chi connectivity index (χ0n) is 16.1. The Labute approximate surface area is 160 Å². The van der Waals surface area contributed by atoms with Gasteiger partial charge in [0, 0.05) is 31.4 Å². The van der Waals surface area contributed by atoms with E-state index < -0.39 is 0 Å².